The number of aryl methyl sites for hydroxylation is 1. The number of halogens is 2. The molecule has 0 aliphatic rings. The van der Waals surface area contributed by atoms with Crippen LogP contribution in [0.3, 0.4) is 0 Å². The van der Waals surface area contributed by atoms with E-state index in [9.17, 15) is 18.0 Å². The molecule has 7 nitrogen and oxygen atoms in total. The van der Waals surface area contributed by atoms with E-state index in [1.807, 2.05) is 30.3 Å². The van der Waals surface area contributed by atoms with E-state index in [0.717, 1.165) is 21.7 Å². The lowest BCUT2D eigenvalue weighted by Gasteiger charge is -2.33. The van der Waals surface area contributed by atoms with E-state index in [1.54, 1.807) is 43.3 Å². The van der Waals surface area contributed by atoms with Crippen molar-refractivity contribution in [1.29, 1.82) is 0 Å². The number of benzene rings is 3. The maximum Gasteiger partial charge on any atom is 0.244 e. The van der Waals surface area contributed by atoms with Crippen LogP contribution in [0.1, 0.15) is 16.7 Å². The van der Waals surface area contributed by atoms with Gasteiger partial charge in [-0.25, -0.2) is 8.42 Å². The number of nitrogens with one attached hydrogen (secondary N) is 1. The Labute approximate surface area is 228 Å². The normalized spacial score (nSPS) is 12.0. The van der Waals surface area contributed by atoms with Gasteiger partial charge in [0.1, 0.15) is 12.6 Å². The maximum absolute atomic E-state index is 13.8. The highest BCUT2D eigenvalue weighted by atomic mass is 35.5. The second kappa shape index (κ2) is 12.4. The molecule has 0 bridgehead atoms. The van der Waals surface area contributed by atoms with Crippen LogP contribution in [-0.4, -0.2) is 51.0 Å². The number of rotatable bonds is 10. The SMILES string of the molecule is CNC(=O)C(Cc1ccccc1)N(Cc1cccc(Cl)c1)C(=O)CN(c1ccc(C)c(Cl)c1)S(C)(=O)=O. The van der Waals surface area contributed by atoms with E-state index < -0.39 is 28.5 Å². The van der Waals surface area contributed by atoms with Crippen LogP contribution < -0.4 is 9.62 Å². The summed E-state index contributed by atoms with van der Waals surface area (Å²) >= 11 is 12.4. The van der Waals surface area contributed by atoms with Crippen molar-refractivity contribution in [2.75, 3.05) is 24.2 Å². The molecule has 1 atom stereocenters. The fourth-order valence-electron chi connectivity index (χ4n) is 3.90. The number of carbonyl (C=O) groups excluding carboxylic acids is 2. The molecular formula is C27H29Cl2N3O4S. The summed E-state index contributed by atoms with van der Waals surface area (Å²) in [6.07, 6.45) is 1.26. The first kappa shape index (κ1) is 28.5. The van der Waals surface area contributed by atoms with E-state index in [4.69, 9.17) is 23.2 Å². The zero-order valence-corrected chi connectivity index (χ0v) is 23.1. The molecular weight excluding hydrogens is 533 g/mol. The number of likely N-dealkylation sites (N-methyl/N-ethyl adjacent to an activating group) is 1. The standard InChI is InChI=1S/C27H29Cl2N3O4S/c1-19-12-13-23(16-24(19)29)32(37(3,35)36)18-26(33)31(17-21-10-7-11-22(28)14-21)25(27(34)30-2)15-20-8-5-4-6-9-20/h4-14,16,25H,15,17-18H2,1-3H3,(H,30,34). The van der Waals surface area contributed by atoms with Gasteiger partial charge in [-0.3, -0.25) is 13.9 Å². The maximum atomic E-state index is 13.8. The number of hydrogen-bond donors (Lipinski definition) is 1. The topological polar surface area (TPSA) is 86.8 Å². The summed E-state index contributed by atoms with van der Waals surface area (Å²) in [5.74, 6) is -0.921. The van der Waals surface area contributed by atoms with Gasteiger partial charge in [-0.2, -0.15) is 0 Å². The number of anilines is 1. The van der Waals surface area contributed by atoms with Gasteiger partial charge in [-0.05, 0) is 47.9 Å². The molecule has 10 heteroatoms. The molecule has 1 unspecified atom stereocenters. The summed E-state index contributed by atoms with van der Waals surface area (Å²) in [5, 5.41) is 3.50. The molecule has 196 valence electrons. The van der Waals surface area contributed by atoms with Gasteiger partial charge < -0.3 is 10.2 Å². The average molecular weight is 563 g/mol. The fraction of sp³-hybridized carbons (Fsp3) is 0.259. The van der Waals surface area contributed by atoms with Crippen LogP contribution in [0, 0.1) is 6.92 Å². The van der Waals surface area contributed by atoms with Crippen molar-refractivity contribution in [3.8, 4) is 0 Å². The summed E-state index contributed by atoms with van der Waals surface area (Å²) in [6.45, 7) is 1.34. The molecule has 0 aromatic heterocycles. The monoisotopic (exact) mass is 561 g/mol. The Morgan fingerprint density at radius 2 is 1.62 bits per heavy atom. The highest BCUT2D eigenvalue weighted by molar-refractivity contribution is 7.92. The Bertz CT molecular complexity index is 1370. The van der Waals surface area contributed by atoms with Gasteiger partial charge in [0.15, 0.2) is 0 Å². The van der Waals surface area contributed by atoms with Gasteiger partial charge in [-0.1, -0.05) is 71.7 Å². The molecule has 3 aromatic carbocycles. The second-order valence-electron chi connectivity index (χ2n) is 8.67. The minimum absolute atomic E-state index is 0.0522. The van der Waals surface area contributed by atoms with Crippen molar-refractivity contribution in [3.05, 3.63) is 99.5 Å². The summed E-state index contributed by atoms with van der Waals surface area (Å²) < 4.78 is 26.5. The third kappa shape index (κ3) is 7.71. The lowest BCUT2D eigenvalue weighted by atomic mass is 10.0. The van der Waals surface area contributed by atoms with Crippen LogP contribution in [0.2, 0.25) is 10.0 Å². The number of sulfonamides is 1. The fourth-order valence-corrected chi connectivity index (χ4v) is 5.13. The summed E-state index contributed by atoms with van der Waals surface area (Å²) in [6, 6.07) is 20.2. The predicted octanol–water partition coefficient (Wildman–Crippen LogP) is 4.45. The Hall–Kier alpha value is -3.07. The quantitative estimate of drug-likeness (QED) is 0.396. The molecule has 0 aliphatic carbocycles. The largest absolute Gasteiger partial charge is 0.357 e. The highest BCUT2D eigenvalue weighted by Gasteiger charge is 2.32. The minimum Gasteiger partial charge on any atom is -0.357 e. The number of nitrogens with zero attached hydrogens (tertiary/aromatic N) is 2. The molecule has 0 radical (unpaired) electrons. The minimum atomic E-state index is -3.86. The van der Waals surface area contributed by atoms with Crippen molar-refractivity contribution in [2.24, 2.45) is 0 Å². The van der Waals surface area contributed by atoms with Gasteiger partial charge in [0.2, 0.25) is 21.8 Å². The Kier molecular flexibility index (Phi) is 9.59. The van der Waals surface area contributed by atoms with Crippen molar-refractivity contribution in [1.82, 2.24) is 10.2 Å². The first-order chi connectivity index (χ1) is 17.5. The van der Waals surface area contributed by atoms with Gasteiger partial charge >= 0.3 is 0 Å². The number of hydrogen-bond acceptors (Lipinski definition) is 4. The average Bonchev–Trinajstić information content (AvgIpc) is 2.86. The molecule has 0 heterocycles. The molecule has 2 amide bonds. The number of amides is 2. The second-order valence-corrected chi connectivity index (χ2v) is 11.4. The van der Waals surface area contributed by atoms with E-state index in [2.05, 4.69) is 5.32 Å². The van der Waals surface area contributed by atoms with Gasteiger partial charge in [-0.15, -0.1) is 0 Å². The van der Waals surface area contributed by atoms with E-state index in [0.29, 0.717) is 15.6 Å². The van der Waals surface area contributed by atoms with Crippen LogP contribution in [0.15, 0.2) is 72.8 Å². The van der Waals surface area contributed by atoms with Crippen LogP contribution in [0.5, 0.6) is 0 Å². The zero-order valence-electron chi connectivity index (χ0n) is 20.8. The molecule has 3 rings (SSSR count). The molecule has 0 saturated carbocycles. The van der Waals surface area contributed by atoms with Gasteiger partial charge in [0.25, 0.3) is 0 Å². The molecule has 0 spiro atoms. The highest BCUT2D eigenvalue weighted by Crippen LogP contribution is 2.26. The van der Waals surface area contributed by atoms with Crippen LogP contribution in [-0.2, 0) is 32.6 Å². The van der Waals surface area contributed by atoms with Crippen molar-refractivity contribution < 1.29 is 18.0 Å². The van der Waals surface area contributed by atoms with Crippen molar-refractivity contribution in [2.45, 2.75) is 25.9 Å². The zero-order chi connectivity index (χ0) is 27.2. The summed E-state index contributed by atoms with van der Waals surface area (Å²) in [4.78, 5) is 28.3. The Morgan fingerprint density at radius 1 is 0.946 bits per heavy atom. The van der Waals surface area contributed by atoms with Crippen LogP contribution >= 0.6 is 23.2 Å². The van der Waals surface area contributed by atoms with E-state index >= 15 is 0 Å². The lowest BCUT2D eigenvalue weighted by molar-refractivity contribution is -0.139. The molecule has 37 heavy (non-hydrogen) atoms. The third-order valence-corrected chi connectivity index (χ3v) is 7.66. The van der Waals surface area contributed by atoms with Crippen LogP contribution in [0.25, 0.3) is 0 Å². The first-order valence-corrected chi connectivity index (χ1v) is 14.1. The van der Waals surface area contributed by atoms with Gasteiger partial charge in [0.05, 0.1) is 11.9 Å². The summed E-state index contributed by atoms with van der Waals surface area (Å²) in [7, 11) is -2.36. The molecule has 0 aliphatic heterocycles. The predicted molar refractivity (Wildman–Crippen MR) is 148 cm³/mol. The van der Waals surface area contributed by atoms with Crippen molar-refractivity contribution >= 4 is 50.7 Å². The van der Waals surface area contributed by atoms with Crippen molar-refractivity contribution in [3.63, 3.8) is 0 Å². The Balaban J connectivity index is 2.04. The van der Waals surface area contributed by atoms with E-state index in [-0.39, 0.29) is 24.6 Å². The first-order valence-electron chi connectivity index (χ1n) is 11.5. The molecule has 1 N–H and O–H groups in total. The lowest BCUT2D eigenvalue weighted by Crippen LogP contribution is -2.52. The third-order valence-electron chi connectivity index (χ3n) is 5.88. The smallest absolute Gasteiger partial charge is 0.244 e. The Morgan fingerprint density at radius 3 is 2.22 bits per heavy atom. The van der Waals surface area contributed by atoms with Crippen LogP contribution in [0.4, 0.5) is 5.69 Å². The number of carbonyl (C=O) groups is 2. The molecule has 0 saturated heterocycles. The van der Waals surface area contributed by atoms with Gasteiger partial charge in [0, 0.05) is 30.1 Å². The molecule has 0 fully saturated rings. The van der Waals surface area contributed by atoms with E-state index in [1.165, 1.54) is 18.0 Å². The summed E-state index contributed by atoms with van der Waals surface area (Å²) in [5.41, 5.74) is 2.58. The molecule has 3 aromatic rings.